The standard InChI is InChI=1S/C36H39N2O4/c1-27(2)33-25-41-36(40-23-28-14-6-3-7-15-28)34(30-18-10-5-11-19-30)38(33,42-24-29-16-8-4-9-17-29)35-32-21-13-12-20-31(32)22-37(35)26-39/h3-21,26-27,33-36H,22-25H2,1-2H3/q+1. The highest BCUT2D eigenvalue weighted by atomic mass is 16.8. The maximum Gasteiger partial charge on any atom is 0.224 e. The molecular weight excluding hydrogens is 524 g/mol. The van der Waals surface area contributed by atoms with Crippen LogP contribution in [0, 0.1) is 5.92 Å². The van der Waals surface area contributed by atoms with Crippen molar-refractivity contribution in [2.24, 2.45) is 5.92 Å². The summed E-state index contributed by atoms with van der Waals surface area (Å²) >= 11 is 0. The van der Waals surface area contributed by atoms with Gasteiger partial charge in [0, 0.05) is 17.0 Å². The highest BCUT2D eigenvalue weighted by Gasteiger charge is 2.64. The summed E-state index contributed by atoms with van der Waals surface area (Å²) in [6, 6.07) is 38.7. The molecule has 1 fully saturated rings. The molecule has 0 spiro atoms. The van der Waals surface area contributed by atoms with Crippen LogP contribution < -0.4 is 0 Å². The zero-order chi connectivity index (χ0) is 28.9. The number of carbonyl (C=O) groups excluding carboxylic acids is 1. The normalized spacial score (nSPS) is 25.4. The fourth-order valence-electron chi connectivity index (χ4n) is 6.66. The van der Waals surface area contributed by atoms with Crippen molar-refractivity contribution in [3.05, 3.63) is 143 Å². The Morgan fingerprint density at radius 1 is 0.833 bits per heavy atom. The molecule has 6 nitrogen and oxygen atoms in total. The fraction of sp³-hybridized carbons (Fsp3) is 0.306. The number of amides is 1. The molecule has 0 aliphatic carbocycles. The molecule has 0 N–H and O–H groups in total. The van der Waals surface area contributed by atoms with Crippen LogP contribution in [0.3, 0.4) is 0 Å². The second kappa shape index (κ2) is 12.6. The van der Waals surface area contributed by atoms with Crippen LogP contribution in [-0.4, -0.2) is 34.9 Å². The van der Waals surface area contributed by atoms with Gasteiger partial charge in [0.2, 0.25) is 18.9 Å². The number of ether oxygens (including phenoxy) is 2. The largest absolute Gasteiger partial charge is 0.342 e. The predicted molar refractivity (Wildman–Crippen MR) is 161 cm³/mol. The van der Waals surface area contributed by atoms with E-state index in [0.717, 1.165) is 34.2 Å². The van der Waals surface area contributed by atoms with Crippen LogP contribution in [-0.2, 0) is 38.9 Å². The third-order valence-electron chi connectivity index (χ3n) is 8.63. The Kier molecular flexibility index (Phi) is 8.49. The first-order valence-electron chi connectivity index (χ1n) is 14.8. The van der Waals surface area contributed by atoms with Crippen LogP contribution in [0.4, 0.5) is 0 Å². The molecule has 2 aliphatic rings. The van der Waals surface area contributed by atoms with E-state index in [9.17, 15) is 4.79 Å². The lowest BCUT2D eigenvalue weighted by Gasteiger charge is -2.56. The van der Waals surface area contributed by atoms with Crippen molar-refractivity contribution in [1.29, 1.82) is 0 Å². The first kappa shape index (κ1) is 28.3. The smallest absolute Gasteiger partial charge is 0.224 e. The van der Waals surface area contributed by atoms with Gasteiger partial charge in [0.15, 0.2) is 6.04 Å². The van der Waals surface area contributed by atoms with Gasteiger partial charge in [-0.2, -0.15) is 4.84 Å². The Balaban J connectivity index is 1.54. The summed E-state index contributed by atoms with van der Waals surface area (Å²) in [5.41, 5.74) is 5.43. The van der Waals surface area contributed by atoms with Gasteiger partial charge in [0.25, 0.3) is 0 Å². The minimum Gasteiger partial charge on any atom is -0.342 e. The Morgan fingerprint density at radius 2 is 1.43 bits per heavy atom. The maximum absolute atomic E-state index is 12.9. The van der Waals surface area contributed by atoms with Gasteiger partial charge in [-0.3, -0.25) is 9.69 Å². The molecule has 6 heteroatoms. The van der Waals surface area contributed by atoms with E-state index >= 15 is 0 Å². The minimum atomic E-state index is -0.611. The second-order valence-corrected chi connectivity index (χ2v) is 11.5. The maximum atomic E-state index is 12.9. The van der Waals surface area contributed by atoms with E-state index < -0.39 is 6.29 Å². The molecule has 5 atom stereocenters. The molecule has 216 valence electrons. The first-order chi connectivity index (χ1) is 20.6. The van der Waals surface area contributed by atoms with Crippen LogP contribution in [0.2, 0.25) is 0 Å². The Labute approximate surface area is 248 Å². The number of benzene rings is 4. The highest BCUT2D eigenvalue weighted by Crippen LogP contribution is 2.53. The van der Waals surface area contributed by atoms with Gasteiger partial charge in [-0.1, -0.05) is 129 Å². The SMILES string of the molecule is CC(C)C1COC(OCc2ccccc2)C(c2ccccc2)[N+]1(OCc1ccccc1)C1c2ccccc2CN1C=O. The zero-order valence-electron chi connectivity index (χ0n) is 24.3. The number of rotatable bonds is 10. The van der Waals surface area contributed by atoms with Gasteiger partial charge in [-0.15, -0.1) is 4.65 Å². The van der Waals surface area contributed by atoms with E-state index in [2.05, 4.69) is 80.6 Å². The van der Waals surface area contributed by atoms with E-state index in [0.29, 0.717) is 26.4 Å². The van der Waals surface area contributed by atoms with Crippen LogP contribution in [0.15, 0.2) is 115 Å². The molecule has 0 saturated carbocycles. The number of carbonyl (C=O) groups is 1. The molecule has 0 radical (unpaired) electrons. The molecule has 2 heterocycles. The van der Waals surface area contributed by atoms with Crippen molar-refractivity contribution in [2.75, 3.05) is 6.61 Å². The van der Waals surface area contributed by atoms with Gasteiger partial charge in [-0.05, 0) is 16.7 Å². The third-order valence-corrected chi connectivity index (χ3v) is 8.63. The molecule has 5 unspecified atom stereocenters. The molecule has 0 aromatic heterocycles. The average molecular weight is 564 g/mol. The van der Waals surface area contributed by atoms with Crippen molar-refractivity contribution in [1.82, 2.24) is 4.90 Å². The highest BCUT2D eigenvalue weighted by molar-refractivity contribution is 5.52. The van der Waals surface area contributed by atoms with E-state index in [1.807, 2.05) is 53.4 Å². The van der Waals surface area contributed by atoms with Crippen molar-refractivity contribution >= 4 is 6.41 Å². The number of nitrogens with zero attached hydrogens (tertiary/aromatic N) is 2. The van der Waals surface area contributed by atoms with E-state index in [1.165, 1.54) is 0 Å². The van der Waals surface area contributed by atoms with E-state index in [4.69, 9.17) is 14.3 Å². The Hall–Kier alpha value is -3.81. The lowest BCUT2D eigenvalue weighted by Crippen LogP contribution is -2.69. The number of morpholine rings is 1. The first-order valence-corrected chi connectivity index (χ1v) is 14.8. The van der Waals surface area contributed by atoms with Crippen LogP contribution >= 0.6 is 0 Å². The van der Waals surface area contributed by atoms with Crippen LogP contribution in [0.5, 0.6) is 0 Å². The van der Waals surface area contributed by atoms with Crippen molar-refractivity contribution in [3.8, 4) is 0 Å². The average Bonchev–Trinajstić information content (AvgIpc) is 3.43. The molecule has 0 bridgehead atoms. The summed E-state index contributed by atoms with van der Waals surface area (Å²) in [6.07, 6.45) is -0.0166. The van der Waals surface area contributed by atoms with Gasteiger partial charge < -0.3 is 9.47 Å². The number of hydrogen-bond donors (Lipinski definition) is 0. The fourth-order valence-corrected chi connectivity index (χ4v) is 6.66. The molecule has 1 saturated heterocycles. The number of hydrogen-bond acceptors (Lipinski definition) is 4. The molecule has 2 aliphatic heterocycles. The number of fused-ring (bicyclic) bond motifs is 1. The van der Waals surface area contributed by atoms with E-state index in [1.54, 1.807) is 0 Å². The van der Waals surface area contributed by atoms with E-state index in [-0.39, 0.29) is 28.8 Å². The monoisotopic (exact) mass is 563 g/mol. The molecule has 4 aromatic rings. The van der Waals surface area contributed by atoms with Crippen molar-refractivity contribution < 1.29 is 23.8 Å². The predicted octanol–water partition coefficient (Wildman–Crippen LogP) is 6.94. The third kappa shape index (κ3) is 5.39. The molecule has 4 aromatic carbocycles. The lowest BCUT2D eigenvalue weighted by atomic mass is 9.91. The summed E-state index contributed by atoms with van der Waals surface area (Å²) in [7, 11) is 0. The molecular formula is C36H39N2O4+. The van der Waals surface area contributed by atoms with Crippen LogP contribution in [0.25, 0.3) is 0 Å². The second-order valence-electron chi connectivity index (χ2n) is 11.5. The quantitative estimate of drug-likeness (QED) is 0.155. The Bertz CT molecular complexity index is 1450. The number of quaternary nitrogens is 1. The van der Waals surface area contributed by atoms with Gasteiger partial charge in [0.1, 0.15) is 19.3 Å². The van der Waals surface area contributed by atoms with Gasteiger partial charge >= 0.3 is 0 Å². The van der Waals surface area contributed by atoms with Crippen molar-refractivity contribution in [3.63, 3.8) is 0 Å². The lowest BCUT2D eigenvalue weighted by molar-refractivity contribution is -1.18. The van der Waals surface area contributed by atoms with Crippen LogP contribution in [0.1, 0.15) is 53.9 Å². The molecule has 42 heavy (non-hydrogen) atoms. The summed E-state index contributed by atoms with van der Waals surface area (Å²) in [4.78, 5) is 22.1. The zero-order valence-corrected chi connectivity index (χ0v) is 24.3. The topological polar surface area (TPSA) is 48.0 Å². The molecule has 1 amide bonds. The minimum absolute atomic E-state index is 0.0888. The van der Waals surface area contributed by atoms with Gasteiger partial charge in [-0.25, -0.2) is 0 Å². The summed E-state index contributed by atoms with van der Waals surface area (Å²) < 4.78 is 13.5. The molecule has 6 rings (SSSR count). The summed E-state index contributed by atoms with van der Waals surface area (Å²) in [5.74, 6) is 0.184. The summed E-state index contributed by atoms with van der Waals surface area (Å²) in [6.45, 7) is 6.17. The summed E-state index contributed by atoms with van der Waals surface area (Å²) in [5, 5.41) is 0. The van der Waals surface area contributed by atoms with Crippen molar-refractivity contribution in [2.45, 2.75) is 58.1 Å². The van der Waals surface area contributed by atoms with Gasteiger partial charge in [0.05, 0.1) is 13.2 Å². The number of hydroxylamine groups is 3. The Morgan fingerprint density at radius 3 is 2.07 bits per heavy atom.